The average Bonchev–Trinajstić information content (AvgIpc) is 2.18. The molecular formula is C12H27N3. The highest BCUT2D eigenvalue weighted by Gasteiger charge is 2.21. The molecule has 1 fully saturated rings. The van der Waals surface area contributed by atoms with Gasteiger partial charge in [0.15, 0.2) is 0 Å². The monoisotopic (exact) mass is 213 g/mol. The largest absolute Gasteiger partial charge is 0.330 e. The van der Waals surface area contributed by atoms with Crippen LogP contribution in [-0.2, 0) is 0 Å². The molecule has 0 spiro atoms. The number of rotatable bonds is 5. The standard InChI is InChI=1S/C12H27N3/c1-12(2,9-13)10-15(3)8-11-4-6-14-7-5-11/h11,14H,4-10,13H2,1-3H3. The molecule has 90 valence electrons. The van der Waals surface area contributed by atoms with Crippen LogP contribution in [0.2, 0.25) is 0 Å². The van der Waals surface area contributed by atoms with Crippen molar-refractivity contribution in [3.63, 3.8) is 0 Å². The molecule has 3 N–H and O–H groups in total. The van der Waals surface area contributed by atoms with Crippen LogP contribution >= 0.6 is 0 Å². The van der Waals surface area contributed by atoms with Gasteiger partial charge in [-0.15, -0.1) is 0 Å². The van der Waals surface area contributed by atoms with Crippen LogP contribution in [0.25, 0.3) is 0 Å². The SMILES string of the molecule is CN(CC1CCNCC1)CC(C)(C)CN. The van der Waals surface area contributed by atoms with Gasteiger partial charge < -0.3 is 16.0 Å². The van der Waals surface area contributed by atoms with Crippen molar-refractivity contribution in [2.75, 3.05) is 39.8 Å². The summed E-state index contributed by atoms with van der Waals surface area (Å²) in [6.07, 6.45) is 2.65. The molecule has 0 atom stereocenters. The van der Waals surface area contributed by atoms with E-state index in [0.717, 1.165) is 19.0 Å². The van der Waals surface area contributed by atoms with E-state index in [4.69, 9.17) is 5.73 Å². The van der Waals surface area contributed by atoms with Crippen molar-refractivity contribution < 1.29 is 0 Å². The molecular weight excluding hydrogens is 186 g/mol. The van der Waals surface area contributed by atoms with E-state index in [9.17, 15) is 0 Å². The van der Waals surface area contributed by atoms with Crippen molar-refractivity contribution in [3.8, 4) is 0 Å². The topological polar surface area (TPSA) is 41.3 Å². The second kappa shape index (κ2) is 5.83. The Morgan fingerprint density at radius 2 is 1.93 bits per heavy atom. The van der Waals surface area contributed by atoms with Gasteiger partial charge in [0.2, 0.25) is 0 Å². The predicted octanol–water partition coefficient (Wildman–Crippen LogP) is 0.903. The van der Waals surface area contributed by atoms with E-state index in [-0.39, 0.29) is 5.41 Å². The van der Waals surface area contributed by atoms with Gasteiger partial charge in [-0.1, -0.05) is 13.8 Å². The molecule has 1 aliphatic rings. The molecule has 1 aliphatic heterocycles. The zero-order valence-corrected chi connectivity index (χ0v) is 10.6. The average molecular weight is 213 g/mol. The highest BCUT2D eigenvalue weighted by Crippen LogP contribution is 2.17. The molecule has 3 nitrogen and oxygen atoms in total. The van der Waals surface area contributed by atoms with Crippen LogP contribution in [0.4, 0.5) is 0 Å². The van der Waals surface area contributed by atoms with Gasteiger partial charge in [-0.25, -0.2) is 0 Å². The second-order valence-electron chi connectivity index (χ2n) is 5.76. The Morgan fingerprint density at radius 3 is 2.47 bits per heavy atom. The summed E-state index contributed by atoms with van der Waals surface area (Å²) >= 11 is 0. The molecule has 0 unspecified atom stereocenters. The van der Waals surface area contributed by atoms with E-state index in [1.54, 1.807) is 0 Å². The molecule has 0 saturated carbocycles. The van der Waals surface area contributed by atoms with Crippen molar-refractivity contribution in [3.05, 3.63) is 0 Å². The zero-order valence-electron chi connectivity index (χ0n) is 10.6. The van der Waals surface area contributed by atoms with Crippen molar-refractivity contribution in [1.82, 2.24) is 10.2 Å². The third-order valence-corrected chi connectivity index (χ3v) is 3.28. The first-order valence-corrected chi connectivity index (χ1v) is 6.13. The van der Waals surface area contributed by atoms with Gasteiger partial charge in [0, 0.05) is 13.1 Å². The first-order chi connectivity index (χ1) is 7.03. The van der Waals surface area contributed by atoms with Gasteiger partial charge in [-0.2, -0.15) is 0 Å². The smallest absolute Gasteiger partial charge is 0.00418 e. The van der Waals surface area contributed by atoms with Crippen molar-refractivity contribution in [2.45, 2.75) is 26.7 Å². The van der Waals surface area contributed by atoms with E-state index in [1.807, 2.05) is 0 Å². The van der Waals surface area contributed by atoms with Gasteiger partial charge in [-0.05, 0) is 50.9 Å². The molecule has 1 rings (SSSR count). The highest BCUT2D eigenvalue weighted by molar-refractivity contribution is 4.76. The fourth-order valence-corrected chi connectivity index (χ4v) is 2.36. The summed E-state index contributed by atoms with van der Waals surface area (Å²) in [4.78, 5) is 2.45. The summed E-state index contributed by atoms with van der Waals surface area (Å²) < 4.78 is 0. The van der Waals surface area contributed by atoms with E-state index >= 15 is 0 Å². The lowest BCUT2D eigenvalue weighted by Gasteiger charge is -2.32. The Hall–Kier alpha value is -0.120. The zero-order chi connectivity index (χ0) is 11.3. The Bertz CT molecular complexity index is 174. The molecule has 0 radical (unpaired) electrons. The van der Waals surface area contributed by atoms with Gasteiger partial charge in [0.05, 0.1) is 0 Å². The van der Waals surface area contributed by atoms with Crippen LogP contribution in [0.15, 0.2) is 0 Å². The molecule has 3 heteroatoms. The quantitative estimate of drug-likeness (QED) is 0.713. The molecule has 0 aromatic rings. The molecule has 0 aliphatic carbocycles. The van der Waals surface area contributed by atoms with E-state index < -0.39 is 0 Å². The molecule has 15 heavy (non-hydrogen) atoms. The number of nitrogens with two attached hydrogens (primary N) is 1. The molecule has 0 bridgehead atoms. The summed E-state index contributed by atoms with van der Waals surface area (Å²) in [6, 6.07) is 0. The van der Waals surface area contributed by atoms with Crippen LogP contribution < -0.4 is 11.1 Å². The normalized spacial score (nSPS) is 19.8. The van der Waals surface area contributed by atoms with Crippen molar-refractivity contribution >= 4 is 0 Å². The first-order valence-electron chi connectivity index (χ1n) is 6.13. The van der Waals surface area contributed by atoms with E-state index in [0.29, 0.717) is 0 Å². The number of hydrogen-bond acceptors (Lipinski definition) is 3. The van der Waals surface area contributed by atoms with Crippen LogP contribution in [0.5, 0.6) is 0 Å². The molecule has 1 heterocycles. The van der Waals surface area contributed by atoms with Gasteiger partial charge in [-0.3, -0.25) is 0 Å². The van der Waals surface area contributed by atoms with Crippen LogP contribution in [0, 0.1) is 11.3 Å². The molecule has 0 aromatic heterocycles. The number of nitrogens with one attached hydrogen (secondary N) is 1. The number of nitrogens with zero attached hydrogens (tertiary/aromatic N) is 1. The summed E-state index contributed by atoms with van der Waals surface area (Å²) in [6.45, 7) is 9.97. The van der Waals surface area contributed by atoms with Gasteiger partial charge in [0.1, 0.15) is 0 Å². The van der Waals surface area contributed by atoms with E-state index in [1.165, 1.54) is 32.5 Å². The summed E-state index contributed by atoms with van der Waals surface area (Å²) in [7, 11) is 2.22. The Balaban J connectivity index is 2.25. The maximum atomic E-state index is 5.75. The molecule has 0 aromatic carbocycles. The fraction of sp³-hybridized carbons (Fsp3) is 1.00. The van der Waals surface area contributed by atoms with Gasteiger partial charge >= 0.3 is 0 Å². The Morgan fingerprint density at radius 1 is 1.33 bits per heavy atom. The Kier molecular flexibility index (Phi) is 5.03. The number of hydrogen-bond donors (Lipinski definition) is 2. The van der Waals surface area contributed by atoms with Gasteiger partial charge in [0.25, 0.3) is 0 Å². The third-order valence-electron chi connectivity index (χ3n) is 3.28. The van der Waals surface area contributed by atoms with E-state index in [2.05, 4.69) is 31.1 Å². The minimum absolute atomic E-state index is 0.252. The third kappa shape index (κ3) is 4.96. The molecule has 1 saturated heterocycles. The minimum Gasteiger partial charge on any atom is -0.330 e. The highest BCUT2D eigenvalue weighted by atomic mass is 15.1. The van der Waals surface area contributed by atoms with Crippen molar-refractivity contribution in [1.29, 1.82) is 0 Å². The molecule has 0 amide bonds. The Labute approximate surface area is 94.4 Å². The maximum Gasteiger partial charge on any atom is 0.00418 e. The lowest BCUT2D eigenvalue weighted by atomic mass is 9.92. The lowest BCUT2D eigenvalue weighted by molar-refractivity contribution is 0.176. The summed E-state index contributed by atoms with van der Waals surface area (Å²) in [5, 5.41) is 3.41. The number of piperidine rings is 1. The fourth-order valence-electron chi connectivity index (χ4n) is 2.36. The second-order valence-corrected chi connectivity index (χ2v) is 5.76. The van der Waals surface area contributed by atoms with Crippen molar-refractivity contribution in [2.24, 2.45) is 17.1 Å². The summed E-state index contributed by atoms with van der Waals surface area (Å²) in [5.41, 5.74) is 6.00. The lowest BCUT2D eigenvalue weighted by Crippen LogP contribution is -2.40. The maximum absolute atomic E-state index is 5.75. The summed E-state index contributed by atoms with van der Waals surface area (Å²) in [5.74, 6) is 0.879. The van der Waals surface area contributed by atoms with Crippen LogP contribution in [-0.4, -0.2) is 44.7 Å². The van der Waals surface area contributed by atoms with Crippen LogP contribution in [0.3, 0.4) is 0 Å². The first kappa shape index (κ1) is 12.9. The predicted molar refractivity (Wildman–Crippen MR) is 65.9 cm³/mol. The van der Waals surface area contributed by atoms with Crippen LogP contribution in [0.1, 0.15) is 26.7 Å². The minimum atomic E-state index is 0.252.